The Morgan fingerprint density at radius 3 is 2.66 bits per heavy atom. The number of hydrogen-bond acceptors (Lipinski definition) is 8. The third-order valence-corrected chi connectivity index (χ3v) is 6.21. The summed E-state index contributed by atoms with van der Waals surface area (Å²) in [6.07, 6.45) is 9.31. The Labute approximate surface area is 201 Å². The van der Waals surface area contributed by atoms with E-state index in [1.807, 2.05) is 28.3 Å². The SMILES string of the molecule is COc1c(Oc2cnc3cnc(C4CC4)n3c2)cnc2nc(Nc3cc(C(C)(C)C)[nH]n3)n(C)c12. The molecule has 35 heavy (non-hydrogen) atoms. The van der Waals surface area contributed by atoms with Crippen molar-refractivity contribution < 1.29 is 9.47 Å². The van der Waals surface area contributed by atoms with Gasteiger partial charge in [-0.1, -0.05) is 20.8 Å². The number of H-pyrrole nitrogens is 1. The van der Waals surface area contributed by atoms with Gasteiger partial charge in [-0.15, -0.1) is 0 Å². The Morgan fingerprint density at radius 2 is 1.94 bits per heavy atom. The molecule has 0 aromatic carbocycles. The van der Waals surface area contributed by atoms with Gasteiger partial charge in [0.15, 0.2) is 34.4 Å². The Balaban J connectivity index is 1.34. The number of nitrogens with one attached hydrogen (secondary N) is 2. The molecule has 11 nitrogen and oxygen atoms in total. The molecule has 180 valence electrons. The molecular formula is C24H27N9O2. The van der Waals surface area contributed by atoms with Gasteiger partial charge in [0.1, 0.15) is 11.3 Å². The Morgan fingerprint density at radius 1 is 1.11 bits per heavy atom. The van der Waals surface area contributed by atoms with Crippen molar-refractivity contribution in [2.24, 2.45) is 7.05 Å². The number of rotatable bonds is 6. The van der Waals surface area contributed by atoms with Gasteiger partial charge < -0.3 is 19.4 Å². The normalized spacial score (nSPS) is 14.1. The molecular weight excluding hydrogens is 446 g/mol. The molecule has 11 heteroatoms. The molecule has 0 unspecified atom stereocenters. The first kappa shape index (κ1) is 21.4. The second-order valence-corrected chi connectivity index (χ2v) is 9.87. The summed E-state index contributed by atoms with van der Waals surface area (Å²) >= 11 is 0. The minimum atomic E-state index is -0.0374. The van der Waals surface area contributed by atoms with Gasteiger partial charge in [-0.3, -0.25) is 9.50 Å². The number of pyridine rings is 1. The smallest absolute Gasteiger partial charge is 0.211 e. The summed E-state index contributed by atoms with van der Waals surface area (Å²) < 4.78 is 15.8. The molecule has 1 aliphatic carbocycles. The second kappa shape index (κ2) is 7.69. The fourth-order valence-electron chi connectivity index (χ4n) is 4.10. The highest BCUT2D eigenvalue weighted by Gasteiger charge is 2.28. The third-order valence-electron chi connectivity index (χ3n) is 6.21. The summed E-state index contributed by atoms with van der Waals surface area (Å²) in [5.41, 5.74) is 3.03. The quantitative estimate of drug-likeness (QED) is 0.371. The van der Waals surface area contributed by atoms with E-state index in [4.69, 9.17) is 9.47 Å². The topological polar surface area (TPSA) is 120 Å². The van der Waals surface area contributed by atoms with E-state index >= 15 is 0 Å². The van der Waals surface area contributed by atoms with Crippen LogP contribution in [-0.2, 0) is 12.5 Å². The first-order valence-electron chi connectivity index (χ1n) is 11.5. The van der Waals surface area contributed by atoms with E-state index in [2.05, 4.69) is 56.2 Å². The van der Waals surface area contributed by atoms with E-state index in [-0.39, 0.29) is 5.41 Å². The fourth-order valence-corrected chi connectivity index (χ4v) is 4.10. The van der Waals surface area contributed by atoms with Crippen molar-refractivity contribution in [3.8, 4) is 17.2 Å². The van der Waals surface area contributed by atoms with E-state index in [0.717, 1.165) is 30.0 Å². The first-order chi connectivity index (χ1) is 16.8. The van der Waals surface area contributed by atoms with Crippen molar-refractivity contribution in [2.75, 3.05) is 12.4 Å². The van der Waals surface area contributed by atoms with Crippen molar-refractivity contribution in [3.05, 3.63) is 42.4 Å². The molecule has 2 N–H and O–H groups in total. The zero-order chi connectivity index (χ0) is 24.3. The van der Waals surface area contributed by atoms with E-state index < -0.39 is 0 Å². The van der Waals surface area contributed by atoms with Crippen LogP contribution in [0.2, 0.25) is 0 Å². The van der Waals surface area contributed by atoms with Gasteiger partial charge in [-0.2, -0.15) is 10.1 Å². The van der Waals surface area contributed by atoms with Crippen molar-refractivity contribution in [3.63, 3.8) is 0 Å². The van der Waals surface area contributed by atoms with Crippen LogP contribution in [-0.4, -0.2) is 46.2 Å². The third kappa shape index (κ3) is 3.72. The lowest BCUT2D eigenvalue weighted by molar-refractivity contribution is 0.379. The molecule has 5 heterocycles. The minimum Gasteiger partial charge on any atom is -0.491 e. The Kier molecular flexibility index (Phi) is 4.70. The molecule has 0 saturated heterocycles. The summed E-state index contributed by atoms with van der Waals surface area (Å²) in [5.74, 6) is 4.36. The average Bonchev–Trinajstić information content (AvgIpc) is 3.26. The maximum Gasteiger partial charge on any atom is 0.211 e. The average molecular weight is 474 g/mol. The number of anilines is 2. The molecule has 0 bridgehead atoms. The lowest BCUT2D eigenvalue weighted by Crippen LogP contribution is -2.11. The number of imidazole rings is 2. The van der Waals surface area contributed by atoms with Crippen LogP contribution in [0.1, 0.15) is 51.0 Å². The predicted molar refractivity (Wildman–Crippen MR) is 131 cm³/mol. The van der Waals surface area contributed by atoms with E-state index in [9.17, 15) is 0 Å². The van der Waals surface area contributed by atoms with E-state index in [1.165, 1.54) is 0 Å². The van der Waals surface area contributed by atoms with Gasteiger partial charge in [-0.05, 0) is 12.8 Å². The van der Waals surface area contributed by atoms with Crippen LogP contribution in [0, 0.1) is 0 Å². The second-order valence-electron chi connectivity index (χ2n) is 9.87. The standard InChI is InChI=1S/C24H27N9O2/c1-24(2,3)16-8-17(31-30-16)28-23-29-21-19(32(23)4)20(34-5)15(10-26-21)35-14-9-25-18-11-27-22(13-6-7-13)33(18)12-14/h8-13H,6-7H2,1-5H3,(H2,26,28,29,30,31). The van der Waals surface area contributed by atoms with Gasteiger partial charge in [-0.25, -0.2) is 15.0 Å². The molecule has 5 aromatic rings. The van der Waals surface area contributed by atoms with Gasteiger partial charge in [0.25, 0.3) is 0 Å². The van der Waals surface area contributed by atoms with Crippen LogP contribution >= 0.6 is 0 Å². The highest BCUT2D eigenvalue weighted by molar-refractivity contribution is 5.84. The van der Waals surface area contributed by atoms with Gasteiger partial charge in [0.2, 0.25) is 5.95 Å². The van der Waals surface area contributed by atoms with Crippen molar-refractivity contribution >= 4 is 28.6 Å². The number of aromatic nitrogens is 8. The largest absolute Gasteiger partial charge is 0.491 e. The lowest BCUT2D eigenvalue weighted by atomic mass is 9.92. The molecule has 0 amide bonds. The van der Waals surface area contributed by atoms with Gasteiger partial charge >= 0.3 is 0 Å². The molecule has 1 fully saturated rings. The molecule has 0 atom stereocenters. The van der Waals surface area contributed by atoms with Crippen LogP contribution in [0.3, 0.4) is 0 Å². The molecule has 0 aliphatic heterocycles. The summed E-state index contributed by atoms with van der Waals surface area (Å²) in [6.45, 7) is 6.38. The Hall–Kier alpha value is -4.15. The predicted octanol–water partition coefficient (Wildman–Crippen LogP) is 4.45. The van der Waals surface area contributed by atoms with Crippen molar-refractivity contribution in [1.82, 2.24) is 39.1 Å². The van der Waals surface area contributed by atoms with Crippen molar-refractivity contribution in [1.29, 1.82) is 0 Å². The van der Waals surface area contributed by atoms with Crippen LogP contribution in [0.5, 0.6) is 17.2 Å². The number of ether oxygens (including phenoxy) is 2. The van der Waals surface area contributed by atoms with Crippen LogP contribution in [0.25, 0.3) is 16.8 Å². The van der Waals surface area contributed by atoms with Crippen molar-refractivity contribution in [2.45, 2.75) is 44.9 Å². The van der Waals surface area contributed by atoms with Gasteiger partial charge in [0, 0.05) is 30.1 Å². The molecule has 0 radical (unpaired) electrons. The number of fused-ring (bicyclic) bond motifs is 2. The zero-order valence-electron chi connectivity index (χ0n) is 20.3. The molecule has 1 saturated carbocycles. The molecule has 6 rings (SSSR count). The lowest BCUT2D eigenvalue weighted by Gasteiger charge is -2.14. The summed E-state index contributed by atoms with van der Waals surface area (Å²) in [7, 11) is 3.50. The highest BCUT2D eigenvalue weighted by atomic mass is 16.5. The fraction of sp³-hybridized carbons (Fsp3) is 0.375. The number of aromatic amines is 1. The summed E-state index contributed by atoms with van der Waals surface area (Å²) in [5, 5.41) is 10.7. The van der Waals surface area contributed by atoms with Crippen LogP contribution < -0.4 is 14.8 Å². The van der Waals surface area contributed by atoms with E-state index in [1.54, 1.807) is 25.7 Å². The Bertz CT molecular complexity index is 1550. The minimum absolute atomic E-state index is 0.0374. The highest BCUT2D eigenvalue weighted by Crippen LogP contribution is 2.40. The monoisotopic (exact) mass is 473 g/mol. The molecule has 0 spiro atoms. The maximum atomic E-state index is 6.19. The number of nitrogens with zero attached hydrogens (tertiary/aromatic N) is 7. The molecule has 1 aliphatic rings. The molecule has 5 aromatic heterocycles. The summed E-state index contributed by atoms with van der Waals surface area (Å²) in [6, 6.07) is 1.98. The maximum absolute atomic E-state index is 6.19. The number of aryl methyl sites for hydroxylation is 1. The number of methoxy groups -OCH3 is 1. The van der Waals surface area contributed by atoms with Gasteiger partial charge in [0.05, 0.1) is 31.9 Å². The zero-order valence-corrected chi connectivity index (χ0v) is 20.3. The van der Waals surface area contributed by atoms with Crippen LogP contribution in [0.15, 0.2) is 30.9 Å². The first-order valence-corrected chi connectivity index (χ1v) is 11.5. The van der Waals surface area contributed by atoms with Crippen LogP contribution in [0.4, 0.5) is 11.8 Å². The van der Waals surface area contributed by atoms with E-state index in [0.29, 0.717) is 46.1 Å². The summed E-state index contributed by atoms with van der Waals surface area (Å²) in [4.78, 5) is 18.2. The number of hydrogen-bond donors (Lipinski definition) is 2.